The fourth-order valence-corrected chi connectivity index (χ4v) is 12.3. The third kappa shape index (κ3) is 9.91. The molecule has 7 aromatic rings. The van der Waals surface area contributed by atoms with Gasteiger partial charge >= 0.3 is 0 Å². The summed E-state index contributed by atoms with van der Waals surface area (Å²) in [5.41, 5.74) is 13.1. The summed E-state index contributed by atoms with van der Waals surface area (Å²) in [4.78, 5) is 88.8. The zero-order valence-electron chi connectivity index (χ0n) is 43.9. The number of nitrogens with zero attached hydrogens (tertiary/aromatic N) is 6. The average molecular weight is 1070 g/mol. The summed E-state index contributed by atoms with van der Waals surface area (Å²) in [6.07, 6.45) is 3.70. The van der Waals surface area contributed by atoms with Gasteiger partial charge in [-0.3, -0.25) is 49.2 Å². The van der Waals surface area contributed by atoms with Crippen LogP contribution in [0, 0.1) is 5.82 Å². The van der Waals surface area contributed by atoms with E-state index in [0.717, 1.165) is 106 Å². The van der Waals surface area contributed by atoms with E-state index in [9.17, 15) is 33.2 Å². The van der Waals surface area contributed by atoms with Crippen LogP contribution in [0.15, 0.2) is 128 Å². The lowest BCUT2D eigenvalue weighted by atomic mass is 9.95. The monoisotopic (exact) mass is 1070 g/mol. The number of piperidine rings is 2. The van der Waals surface area contributed by atoms with Crippen LogP contribution in [0.2, 0.25) is 0 Å². The summed E-state index contributed by atoms with van der Waals surface area (Å²) in [6, 6.07) is 37.9. The molecule has 2 N–H and O–H groups in total. The molecule has 13 rings (SSSR count). The quantitative estimate of drug-likeness (QED) is 0.103. The van der Waals surface area contributed by atoms with Gasteiger partial charge in [-0.2, -0.15) is 0 Å². The summed E-state index contributed by atoms with van der Waals surface area (Å²) < 4.78 is 29.2. The predicted molar refractivity (Wildman–Crippen MR) is 292 cm³/mol. The second-order valence-electron chi connectivity index (χ2n) is 21.6. The first-order valence-corrected chi connectivity index (χ1v) is 27.3. The number of hydrogen-bond donors (Lipinski definition) is 2. The molecule has 2 fully saturated rings. The average Bonchev–Trinajstić information content (AvgIpc) is 4.29. The normalized spacial score (nSPS) is 19.1. The van der Waals surface area contributed by atoms with E-state index >= 15 is 0 Å². The Morgan fingerprint density at radius 1 is 0.537 bits per heavy atom. The van der Waals surface area contributed by atoms with Gasteiger partial charge in [-0.15, -0.1) is 0 Å². The van der Waals surface area contributed by atoms with E-state index in [0.29, 0.717) is 48.7 Å². The number of nitrogens with one attached hydrogen (secondary N) is 2. The molecule has 0 aliphatic carbocycles. The van der Waals surface area contributed by atoms with Gasteiger partial charge in [-0.05, 0) is 112 Å². The van der Waals surface area contributed by atoms with E-state index in [2.05, 4.69) is 91.7 Å². The van der Waals surface area contributed by atoms with Crippen molar-refractivity contribution in [2.75, 3.05) is 13.1 Å². The van der Waals surface area contributed by atoms with Crippen molar-refractivity contribution in [2.45, 2.75) is 103 Å². The topological polar surface area (TPSA) is 176 Å². The van der Waals surface area contributed by atoms with Crippen molar-refractivity contribution in [1.82, 2.24) is 39.8 Å². The molecule has 17 heteroatoms. The van der Waals surface area contributed by atoms with Gasteiger partial charge in [-0.1, -0.05) is 78.9 Å². The van der Waals surface area contributed by atoms with Crippen molar-refractivity contribution in [3.05, 3.63) is 195 Å². The Hall–Kier alpha value is -8.80. The summed E-state index contributed by atoms with van der Waals surface area (Å²) in [7, 11) is 0. The predicted octanol–water partition coefficient (Wildman–Crippen LogP) is 7.61. The molecule has 0 bridgehead atoms. The highest BCUT2D eigenvalue weighted by molar-refractivity contribution is 6.07. The van der Waals surface area contributed by atoms with Gasteiger partial charge in [-0.25, -0.2) is 9.37 Å². The maximum absolute atomic E-state index is 14.1. The number of ether oxygens (including phenoxy) is 2. The Morgan fingerprint density at radius 3 is 1.80 bits per heavy atom. The first-order valence-electron chi connectivity index (χ1n) is 27.3. The van der Waals surface area contributed by atoms with Crippen LogP contribution >= 0.6 is 0 Å². The highest BCUT2D eigenvalue weighted by Crippen LogP contribution is 2.38. The number of carbonyl (C=O) groups excluding carboxylic acids is 6. The molecule has 16 nitrogen and oxygen atoms in total. The van der Waals surface area contributed by atoms with Crippen LogP contribution in [0.5, 0.6) is 11.5 Å². The molecule has 7 heterocycles. The van der Waals surface area contributed by atoms with Gasteiger partial charge in [0, 0.05) is 74.4 Å². The zero-order chi connectivity index (χ0) is 54.6. The lowest BCUT2D eigenvalue weighted by molar-refractivity contribution is -0.138. The molecule has 0 radical (unpaired) electrons. The first kappa shape index (κ1) is 50.7. The van der Waals surface area contributed by atoms with Gasteiger partial charge in [0.1, 0.15) is 48.4 Å². The van der Waals surface area contributed by atoms with Gasteiger partial charge in [0.15, 0.2) is 0 Å². The van der Waals surface area contributed by atoms with Gasteiger partial charge in [0.25, 0.3) is 11.8 Å². The van der Waals surface area contributed by atoms with Crippen molar-refractivity contribution in [3.8, 4) is 33.9 Å². The summed E-state index contributed by atoms with van der Waals surface area (Å²) in [5, 5.41) is 4.74. The van der Waals surface area contributed by atoms with Crippen LogP contribution in [0.1, 0.15) is 96.7 Å². The Kier molecular flexibility index (Phi) is 13.4. The number of hydrogen-bond acceptors (Lipinski definition) is 11. The van der Waals surface area contributed by atoms with E-state index in [4.69, 9.17) is 14.5 Å². The van der Waals surface area contributed by atoms with Crippen molar-refractivity contribution < 1.29 is 42.6 Å². The highest BCUT2D eigenvalue weighted by Gasteiger charge is 2.42. The fourth-order valence-electron chi connectivity index (χ4n) is 12.3. The van der Waals surface area contributed by atoms with Gasteiger partial charge in [0.2, 0.25) is 23.6 Å². The lowest BCUT2D eigenvalue weighted by Gasteiger charge is -2.29. The second kappa shape index (κ2) is 21.1. The molecule has 6 aliphatic rings. The number of halogens is 1. The summed E-state index contributed by atoms with van der Waals surface area (Å²) in [5.74, 6) is -0.0693. The largest absolute Gasteiger partial charge is 0.489 e. The molecule has 0 spiro atoms. The van der Waals surface area contributed by atoms with Gasteiger partial charge < -0.3 is 23.8 Å². The maximum Gasteiger partial charge on any atom is 0.255 e. The zero-order valence-corrected chi connectivity index (χ0v) is 43.9. The van der Waals surface area contributed by atoms with Crippen LogP contribution in [0.4, 0.5) is 4.39 Å². The van der Waals surface area contributed by atoms with E-state index in [1.165, 1.54) is 21.4 Å². The van der Waals surface area contributed by atoms with Crippen molar-refractivity contribution >= 4 is 35.4 Å². The Balaban J connectivity index is 0.675. The number of rotatable bonds is 14. The molecule has 0 saturated carbocycles. The van der Waals surface area contributed by atoms with Crippen LogP contribution in [0.25, 0.3) is 22.4 Å². The molecule has 404 valence electrons. The number of benzene rings is 6. The lowest BCUT2D eigenvalue weighted by Crippen LogP contribution is -2.52. The first-order chi connectivity index (χ1) is 39.0. The van der Waals surface area contributed by atoms with E-state index in [1.54, 1.807) is 30.3 Å². The minimum atomic E-state index is -0.727. The second-order valence-corrected chi connectivity index (χ2v) is 21.6. The van der Waals surface area contributed by atoms with Crippen molar-refractivity contribution in [2.24, 2.45) is 0 Å². The number of amides is 6. The molecular weight excluding hydrogens is 1020 g/mol. The molecule has 2 unspecified atom stereocenters. The molecule has 6 amide bonds. The Bertz CT molecular complexity index is 3670. The Morgan fingerprint density at radius 2 is 1.14 bits per heavy atom. The highest BCUT2D eigenvalue weighted by atomic mass is 19.1. The smallest absolute Gasteiger partial charge is 0.255 e. The third-order valence-electron chi connectivity index (χ3n) is 16.6. The molecule has 6 aromatic carbocycles. The van der Waals surface area contributed by atoms with Crippen LogP contribution in [0.3, 0.4) is 0 Å². The SMILES string of the molecule is O=C1CCC(N2Cc3c(OCc4ccc(CN5CCn6c(-c7ccc(-c8cc(CN9CCc%10cc(F)ccc%10C9)ccc8COc8cccc9c8CN(C8CCC(=O)NC8=O)C9=O)cc7)cnc6C5)cc4)cccc3C2=O)C(=O)N1. The standard InChI is InChI=1S/C63H57FN8O8/c64-46-18-17-44-32-68(24-23-43(44)28-46)31-40-11-12-45(37-80-56-6-2-4-48-51(56)34-72(63(48)78)53-20-22-59(74)67-61(53)76)49(27-40)41-13-15-42(16-14-41)54-29-65-57-35-69(25-26-70(54)57)30-38-7-9-39(10-8-38)36-79-55-5-1-3-47-50(55)33-71(62(47)77)52-19-21-58(73)66-60(52)75/h1-18,27-29,52-53H,19-26,30-37H2,(H,66,73,75)(H,67,74,76). The summed E-state index contributed by atoms with van der Waals surface area (Å²) in [6.45, 7) is 6.33. The van der Waals surface area contributed by atoms with Crippen molar-refractivity contribution in [3.63, 3.8) is 0 Å². The fraction of sp³-hybridized carbons (Fsp3) is 0.286. The van der Waals surface area contributed by atoms with E-state index < -0.39 is 23.9 Å². The Labute approximate surface area is 461 Å². The van der Waals surface area contributed by atoms with Crippen LogP contribution in [-0.4, -0.2) is 89.8 Å². The van der Waals surface area contributed by atoms with Gasteiger partial charge in [0.05, 0.1) is 31.5 Å². The molecule has 2 saturated heterocycles. The maximum atomic E-state index is 14.1. The molecule has 6 aliphatic heterocycles. The molecule has 1 aromatic heterocycles. The molecular formula is C63H57FN8O8. The number of imide groups is 2. The van der Waals surface area contributed by atoms with Crippen LogP contribution in [-0.2, 0) is 84.6 Å². The van der Waals surface area contributed by atoms with Crippen molar-refractivity contribution in [1.29, 1.82) is 0 Å². The van der Waals surface area contributed by atoms with Crippen LogP contribution < -0.4 is 20.1 Å². The molecule has 80 heavy (non-hydrogen) atoms. The summed E-state index contributed by atoms with van der Waals surface area (Å²) >= 11 is 0. The number of carbonyl (C=O) groups is 6. The number of fused-ring (bicyclic) bond motifs is 4. The minimum Gasteiger partial charge on any atom is -0.489 e. The van der Waals surface area contributed by atoms with E-state index in [1.807, 2.05) is 24.4 Å². The number of imidazole rings is 1. The minimum absolute atomic E-state index is 0.177. The number of aromatic nitrogens is 2. The molecule has 2 atom stereocenters. The van der Waals surface area contributed by atoms with E-state index in [-0.39, 0.29) is 68.4 Å². The third-order valence-corrected chi connectivity index (χ3v) is 16.6.